The van der Waals surface area contributed by atoms with Crippen molar-refractivity contribution in [3.8, 4) is 0 Å². The van der Waals surface area contributed by atoms with Gasteiger partial charge in [-0.3, -0.25) is 0 Å². The molecule has 0 unspecified atom stereocenters. The summed E-state index contributed by atoms with van der Waals surface area (Å²) in [5.74, 6) is 3.11. The van der Waals surface area contributed by atoms with Gasteiger partial charge in [-0.2, -0.15) is 0 Å². The third kappa shape index (κ3) is 0.999. The second-order valence-corrected chi connectivity index (χ2v) is 5.67. The summed E-state index contributed by atoms with van der Waals surface area (Å²) >= 11 is 0. The van der Waals surface area contributed by atoms with E-state index in [1.807, 2.05) is 0 Å². The lowest BCUT2D eigenvalue weighted by molar-refractivity contribution is -0.152. The molecule has 0 N–H and O–H groups in total. The van der Waals surface area contributed by atoms with E-state index < -0.39 is 0 Å². The molecular formula is C12H17O2. The van der Waals surface area contributed by atoms with Crippen molar-refractivity contribution in [3.05, 3.63) is 0 Å². The second-order valence-electron chi connectivity index (χ2n) is 5.67. The summed E-state index contributed by atoms with van der Waals surface area (Å²) in [6, 6.07) is 0. The quantitative estimate of drug-likeness (QED) is 0.672. The van der Waals surface area contributed by atoms with Gasteiger partial charge in [-0.1, -0.05) is 0 Å². The lowest BCUT2D eigenvalue weighted by Crippen LogP contribution is -2.57. The van der Waals surface area contributed by atoms with E-state index in [1.54, 1.807) is 6.47 Å². The van der Waals surface area contributed by atoms with Crippen molar-refractivity contribution in [2.45, 2.75) is 44.6 Å². The Bertz CT molecular complexity index is 231. The number of ether oxygens (including phenoxy) is 1. The number of hydrogen-bond acceptors (Lipinski definition) is 2. The fourth-order valence-corrected chi connectivity index (χ4v) is 4.38. The number of carbonyl (C=O) groups excluding carboxylic acids is 1. The van der Waals surface area contributed by atoms with Crippen LogP contribution in [0, 0.1) is 23.7 Å². The first-order valence-corrected chi connectivity index (χ1v) is 5.77. The fraction of sp³-hybridized carbons (Fsp3) is 0.917. The molecule has 2 nitrogen and oxygen atoms in total. The van der Waals surface area contributed by atoms with Gasteiger partial charge < -0.3 is 4.74 Å². The predicted octanol–water partition coefficient (Wildman–Crippen LogP) is 2.29. The smallest absolute Gasteiger partial charge is 0.418 e. The summed E-state index contributed by atoms with van der Waals surface area (Å²) in [5.41, 5.74) is -0.171. The highest BCUT2D eigenvalue weighted by molar-refractivity contribution is 5.40. The summed E-state index contributed by atoms with van der Waals surface area (Å²) in [6.07, 6.45) is 6.57. The molecule has 0 aliphatic heterocycles. The van der Waals surface area contributed by atoms with Crippen LogP contribution >= 0.6 is 0 Å². The van der Waals surface area contributed by atoms with Gasteiger partial charge in [0.15, 0.2) is 0 Å². The molecule has 14 heavy (non-hydrogen) atoms. The third-order valence-electron chi connectivity index (χ3n) is 5.02. The van der Waals surface area contributed by atoms with Gasteiger partial charge >= 0.3 is 6.47 Å². The Balaban J connectivity index is 1.90. The molecule has 0 atom stereocenters. The minimum Gasteiger partial charge on any atom is -0.450 e. The van der Waals surface area contributed by atoms with Crippen LogP contribution in [-0.2, 0) is 9.53 Å². The van der Waals surface area contributed by atoms with Gasteiger partial charge in [-0.25, -0.2) is 4.79 Å². The van der Waals surface area contributed by atoms with Crippen LogP contribution in [0.5, 0.6) is 0 Å². The van der Waals surface area contributed by atoms with E-state index in [0.717, 1.165) is 11.8 Å². The normalized spacial score (nSPS) is 54.6. The average Bonchev–Trinajstić information content (AvgIpc) is 2.14. The van der Waals surface area contributed by atoms with Gasteiger partial charge in [-0.15, -0.1) is 0 Å². The van der Waals surface area contributed by atoms with Crippen LogP contribution in [0.3, 0.4) is 0 Å². The van der Waals surface area contributed by atoms with Gasteiger partial charge in [0.05, 0.1) is 0 Å². The van der Waals surface area contributed by atoms with Gasteiger partial charge in [0, 0.05) is 0 Å². The van der Waals surface area contributed by atoms with Crippen LogP contribution in [0.4, 0.5) is 0 Å². The maximum Gasteiger partial charge on any atom is 0.418 e. The van der Waals surface area contributed by atoms with Gasteiger partial charge in [0.25, 0.3) is 0 Å². The summed E-state index contributed by atoms with van der Waals surface area (Å²) in [7, 11) is 0. The molecule has 4 saturated carbocycles. The van der Waals surface area contributed by atoms with Crippen LogP contribution in [0.2, 0.25) is 0 Å². The Kier molecular flexibility index (Phi) is 1.71. The van der Waals surface area contributed by atoms with E-state index in [9.17, 15) is 4.79 Å². The average molecular weight is 193 g/mol. The Hall–Kier alpha value is -0.530. The van der Waals surface area contributed by atoms with E-state index in [0.29, 0.717) is 11.8 Å². The zero-order chi connectivity index (χ0) is 9.76. The monoisotopic (exact) mass is 193 g/mol. The van der Waals surface area contributed by atoms with Gasteiger partial charge in [-0.05, 0) is 62.7 Å². The first-order valence-electron chi connectivity index (χ1n) is 5.77. The second kappa shape index (κ2) is 2.74. The molecule has 0 aromatic heterocycles. The summed E-state index contributed by atoms with van der Waals surface area (Å²) in [5, 5.41) is 0. The van der Waals surface area contributed by atoms with E-state index >= 15 is 0 Å². The molecule has 4 aliphatic carbocycles. The fourth-order valence-electron chi connectivity index (χ4n) is 4.38. The molecule has 0 heterocycles. The van der Waals surface area contributed by atoms with Crippen molar-refractivity contribution < 1.29 is 9.53 Å². The molecule has 77 valence electrons. The van der Waals surface area contributed by atoms with Crippen molar-refractivity contribution >= 4 is 6.47 Å². The standard InChI is InChI=1S/C12H17O2/c1-12(14-7-13)10-3-8-2-9(5-10)6-11(12)4-8/h8-11H,2-6H2,1H3. The van der Waals surface area contributed by atoms with Crippen LogP contribution in [0.15, 0.2) is 0 Å². The molecule has 0 saturated heterocycles. The molecule has 1 radical (unpaired) electrons. The van der Waals surface area contributed by atoms with E-state index in [4.69, 9.17) is 4.74 Å². The van der Waals surface area contributed by atoms with Crippen LogP contribution in [0.1, 0.15) is 39.0 Å². The highest BCUT2D eigenvalue weighted by Crippen LogP contribution is 2.59. The van der Waals surface area contributed by atoms with Crippen molar-refractivity contribution in [1.82, 2.24) is 0 Å². The van der Waals surface area contributed by atoms with Crippen molar-refractivity contribution in [2.24, 2.45) is 23.7 Å². The topological polar surface area (TPSA) is 26.3 Å². The zero-order valence-corrected chi connectivity index (χ0v) is 8.66. The molecule has 4 aliphatic rings. The molecule has 4 rings (SSSR count). The summed E-state index contributed by atoms with van der Waals surface area (Å²) in [4.78, 5) is 10.5. The van der Waals surface area contributed by atoms with Gasteiger partial charge in [0.1, 0.15) is 5.60 Å². The van der Waals surface area contributed by atoms with Crippen molar-refractivity contribution in [2.75, 3.05) is 0 Å². The Labute approximate surface area is 85.0 Å². The first kappa shape index (κ1) is 8.75. The Morgan fingerprint density at radius 1 is 1.07 bits per heavy atom. The lowest BCUT2D eigenvalue weighted by Gasteiger charge is -2.58. The largest absolute Gasteiger partial charge is 0.450 e. The highest BCUT2D eigenvalue weighted by atomic mass is 16.5. The molecule has 2 heteroatoms. The molecule has 4 fully saturated rings. The van der Waals surface area contributed by atoms with Crippen LogP contribution in [-0.4, -0.2) is 12.1 Å². The zero-order valence-electron chi connectivity index (χ0n) is 8.66. The van der Waals surface area contributed by atoms with Crippen molar-refractivity contribution in [3.63, 3.8) is 0 Å². The Morgan fingerprint density at radius 3 is 2.00 bits per heavy atom. The molecular weight excluding hydrogens is 176 g/mol. The van der Waals surface area contributed by atoms with Crippen LogP contribution < -0.4 is 0 Å². The number of rotatable bonds is 2. The number of hydrogen-bond donors (Lipinski definition) is 0. The predicted molar refractivity (Wildman–Crippen MR) is 52.2 cm³/mol. The summed E-state index contributed by atoms with van der Waals surface area (Å²) < 4.78 is 5.30. The summed E-state index contributed by atoms with van der Waals surface area (Å²) in [6.45, 7) is 3.82. The molecule has 4 bridgehead atoms. The maximum absolute atomic E-state index is 10.5. The van der Waals surface area contributed by atoms with Crippen molar-refractivity contribution in [1.29, 1.82) is 0 Å². The minimum absolute atomic E-state index is 0.171. The first-order chi connectivity index (χ1) is 6.72. The third-order valence-corrected chi connectivity index (χ3v) is 5.02. The SMILES string of the molecule is CC1(O[C]=O)C2CC3CC(C2)CC1C3. The van der Waals surface area contributed by atoms with Gasteiger partial charge in [0.2, 0.25) is 0 Å². The lowest BCUT2D eigenvalue weighted by atomic mass is 9.50. The molecule has 0 amide bonds. The van der Waals surface area contributed by atoms with E-state index in [-0.39, 0.29) is 5.60 Å². The Morgan fingerprint density at radius 2 is 1.57 bits per heavy atom. The van der Waals surface area contributed by atoms with E-state index in [1.165, 1.54) is 32.1 Å². The molecule has 0 spiro atoms. The molecule has 0 aromatic carbocycles. The van der Waals surface area contributed by atoms with E-state index in [2.05, 4.69) is 6.92 Å². The van der Waals surface area contributed by atoms with Crippen LogP contribution in [0.25, 0.3) is 0 Å². The minimum atomic E-state index is -0.171. The maximum atomic E-state index is 10.5. The highest BCUT2D eigenvalue weighted by Gasteiger charge is 2.56. The molecule has 0 aromatic rings.